The first-order valence-corrected chi connectivity index (χ1v) is 16.2. The number of esters is 1. The van der Waals surface area contributed by atoms with Gasteiger partial charge in [0.25, 0.3) is 0 Å². The van der Waals surface area contributed by atoms with Crippen LogP contribution in [0, 0.1) is 28.6 Å². The number of aliphatic hydroxyl groups is 5. The third-order valence-electron chi connectivity index (χ3n) is 12.0. The molecule has 0 radical (unpaired) electrons. The number of aliphatic hydroxyl groups excluding tert-OH is 2. The highest BCUT2D eigenvalue weighted by molar-refractivity contribution is 5.95. The number of allylic oxidation sites excluding steroid dienone is 1. The maximum absolute atomic E-state index is 13.7. The molecule has 1 aromatic carbocycles. The Morgan fingerprint density at radius 3 is 2.43 bits per heavy atom. The largest absolute Gasteiger partial charge is 0.456 e. The zero-order valence-electron chi connectivity index (χ0n) is 26.7. The van der Waals surface area contributed by atoms with E-state index in [2.05, 4.69) is 0 Å². The van der Waals surface area contributed by atoms with E-state index in [1.165, 1.54) is 6.08 Å². The van der Waals surface area contributed by atoms with Crippen LogP contribution in [0.1, 0.15) is 91.5 Å². The number of fused-ring (bicyclic) bond motifs is 5. The molecule has 242 valence electrons. The number of ketones is 1. The molecule has 10 atom stereocenters. The fraction of sp³-hybridized carbons (Fsp3) is 0.667. The summed E-state index contributed by atoms with van der Waals surface area (Å²) < 4.78 is 5.77. The summed E-state index contributed by atoms with van der Waals surface area (Å²) in [4.78, 5) is 26.5. The van der Waals surface area contributed by atoms with Gasteiger partial charge in [-0.3, -0.25) is 4.79 Å². The van der Waals surface area contributed by atoms with Crippen LogP contribution in [-0.4, -0.2) is 72.4 Å². The summed E-state index contributed by atoms with van der Waals surface area (Å²) in [6, 6.07) is 9.38. The summed E-state index contributed by atoms with van der Waals surface area (Å²) in [5, 5.41) is 56.5. The van der Waals surface area contributed by atoms with E-state index < -0.39 is 63.8 Å². The maximum Gasteiger partial charge on any atom is 0.331 e. The van der Waals surface area contributed by atoms with Crippen LogP contribution in [0.2, 0.25) is 0 Å². The van der Waals surface area contributed by atoms with Crippen LogP contribution in [0.5, 0.6) is 0 Å². The van der Waals surface area contributed by atoms with Gasteiger partial charge in [-0.1, -0.05) is 44.2 Å². The monoisotopic (exact) mass is 610 g/mol. The molecule has 1 aromatic rings. The minimum Gasteiger partial charge on any atom is -0.456 e. The lowest BCUT2D eigenvalue weighted by Gasteiger charge is -2.60. The van der Waals surface area contributed by atoms with E-state index in [0.29, 0.717) is 44.1 Å². The third kappa shape index (κ3) is 5.62. The van der Waals surface area contributed by atoms with E-state index in [0.717, 1.165) is 5.56 Å². The normalized spacial score (nSPS) is 39.1. The van der Waals surface area contributed by atoms with Crippen molar-refractivity contribution in [1.82, 2.24) is 0 Å². The van der Waals surface area contributed by atoms with Crippen LogP contribution in [0.3, 0.4) is 0 Å². The molecule has 0 saturated heterocycles. The van der Waals surface area contributed by atoms with Crippen LogP contribution in [0.15, 0.2) is 48.1 Å². The lowest BCUT2D eigenvalue weighted by Crippen LogP contribution is -2.63. The van der Waals surface area contributed by atoms with E-state index in [4.69, 9.17) is 4.74 Å². The smallest absolute Gasteiger partial charge is 0.331 e. The van der Waals surface area contributed by atoms with Crippen molar-refractivity contribution in [3.63, 3.8) is 0 Å². The molecule has 5 N–H and O–H groups in total. The van der Waals surface area contributed by atoms with Crippen molar-refractivity contribution in [3.05, 3.63) is 53.6 Å². The topological polar surface area (TPSA) is 145 Å². The number of rotatable bonds is 8. The van der Waals surface area contributed by atoms with Crippen molar-refractivity contribution >= 4 is 17.8 Å². The van der Waals surface area contributed by atoms with Gasteiger partial charge in [-0.15, -0.1) is 0 Å². The summed E-state index contributed by atoms with van der Waals surface area (Å²) in [6.45, 7) is 8.95. The van der Waals surface area contributed by atoms with Crippen LogP contribution >= 0.6 is 0 Å². The Morgan fingerprint density at radius 2 is 1.77 bits per heavy atom. The van der Waals surface area contributed by atoms with E-state index in [1.807, 2.05) is 44.2 Å². The fourth-order valence-corrected chi connectivity index (χ4v) is 9.34. The highest BCUT2D eigenvalue weighted by atomic mass is 16.6. The second-order valence-electron chi connectivity index (χ2n) is 15.3. The highest BCUT2D eigenvalue weighted by Gasteiger charge is 2.69. The maximum atomic E-state index is 13.7. The Hall–Kier alpha value is -2.36. The minimum atomic E-state index is -1.51. The van der Waals surface area contributed by atoms with E-state index >= 15 is 0 Å². The average molecular weight is 611 g/mol. The molecule has 0 spiro atoms. The lowest BCUT2D eigenvalue weighted by atomic mass is 9.45. The average Bonchev–Trinajstić information content (AvgIpc) is 3.24. The SMILES string of the molecule is CC(C)(O)CC[C@@H](O)[C@](C)(O)[C@H]1CC[C@@]2(O)C3=CC(=O)[C@@H]4C[C@@H](O)[C@@H](OC(=O)C=Cc5ccccc5)C[C@]4(C)[C@H]3CC[C@]12C. The van der Waals surface area contributed by atoms with E-state index in [-0.39, 0.29) is 24.5 Å². The Balaban J connectivity index is 1.38. The molecule has 0 aliphatic heterocycles. The summed E-state index contributed by atoms with van der Waals surface area (Å²) >= 11 is 0. The quantitative estimate of drug-likeness (QED) is 0.218. The molecule has 8 nitrogen and oxygen atoms in total. The summed E-state index contributed by atoms with van der Waals surface area (Å²) in [5.74, 6) is -1.75. The molecule has 0 unspecified atom stereocenters. The lowest BCUT2D eigenvalue weighted by molar-refractivity contribution is -0.181. The van der Waals surface area contributed by atoms with Crippen molar-refractivity contribution in [1.29, 1.82) is 0 Å². The molecule has 3 fully saturated rings. The second kappa shape index (κ2) is 11.5. The Kier molecular flexibility index (Phi) is 8.60. The molecule has 8 heteroatoms. The number of hydrogen-bond donors (Lipinski definition) is 5. The summed E-state index contributed by atoms with van der Waals surface area (Å²) in [6.07, 6.45) is 4.82. The van der Waals surface area contributed by atoms with Crippen LogP contribution in [0.4, 0.5) is 0 Å². The molecule has 5 rings (SSSR count). The molecule has 0 aromatic heterocycles. The van der Waals surface area contributed by atoms with Gasteiger partial charge in [0.2, 0.25) is 0 Å². The molecule has 3 saturated carbocycles. The number of carbonyl (C=O) groups excluding carboxylic acids is 2. The fourth-order valence-electron chi connectivity index (χ4n) is 9.34. The van der Waals surface area contributed by atoms with Crippen molar-refractivity contribution in [2.24, 2.45) is 28.6 Å². The number of carbonyl (C=O) groups is 2. The number of benzene rings is 1. The van der Waals surface area contributed by atoms with Gasteiger partial charge in [-0.25, -0.2) is 4.79 Å². The summed E-state index contributed by atoms with van der Waals surface area (Å²) in [5.41, 5.74) is -3.75. The zero-order valence-corrected chi connectivity index (χ0v) is 26.7. The Bertz CT molecular complexity index is 1310. The first-order valence-electron chi connectivity index (χ1n) is 16.2. The van der Waals surface area contributed by atoms with Crippen LogP contribution in [0.25, 0.3) is 6.08 Å². The summed E-state index contributed by atoms with van der Waals surface area (Å²) in [7, 11) is 0. The first kappa shape index (κ1) is 33.0. The number of hydrogen-bond acceptors (Lipinski definition) is 8. The van der Waals surface area contributed by atoms with Gasteiger partial charge in [0.1, 0.15) is 6.10 Å². The van der Waals surface area contributed by atoms with Gasteiger partial charge < -0.3 is 30.3 Å². The zero-order chi connectivity index (χ0) is 32.3. The predicted octanol–water partition coefficient (Wildman–Crippen LogP) is 4.12. The molecule has 0 bridgehead atoms. The first-order chi connectivity index (χ1) is 20.4. The number of ether oxygens (including phenoxy) is 1. The van der Waals surface area contributed by atoms with Crippen molar-refractivity contribution in [2.45, 2.75) is 121 Å². The predicted molar refractivity (Wildman–Crippen MR) is 166 cm³/mol. The second-order valence-corrected chi connectivity index (χ2v) is 15.3. The van der Waals surface area contributed by atoms with Gasteiger partial charge in [0.05, 0.1) is 29.0 Å². The molecule has 4 aliphatic carbocycles. The van der Waals surface area contributed by atoms with Gasteiger partial charge >= 0.3 is 5.97 Å². The molecular formula is C36H50O8. The molecule has 44 heavy (non-hydrogen) atoms. The Labute approximate surface area is 260 Å². The van der Waals surface area contributed by atoms with E-state index in [9.17, 15) is 35.1 Å². The molecular weight excluding hydrogens is 560 g/mol. The van der Waals surface area contributed by atoms with Gasteiger partial charge in [-0.2, -0.15) is 0 Å². The highest BCUT2D eigenvalue weighted by Crippen LogP contribution is 2.68. The Morgan fingerprint density at radius 1 is 1.09 bits per heavy atom. The van der Waals surface area contributed by atoms with Crippen molar-refractivity contribution in [2.75, 3.05) is 0 Å². The molecule has 0 heterocycles. The van der Waals surface area contributed by atoms with Crippen LogP contribution < -0.4 is 0 Å². The van der Waals surface area contributed by atoms with Crippen molar-refractivity contribution in [3.8, 4) is 0 Å². The van der Waals surface area contributed by atoms with Gasteiger partial charge in [0, 0.05) is 17.4 Å². The van der Waals surface area contributed by atoms with Crippen LogP contribution in [-0.2, 0) is 14.3 Å². The van der Waals surface area contributed by atoms with Crippen molar-refractivity contribution < 1.29 is 39.9 Å². The van der Waals surface area contributed by atoms with E-state index in [1.54, 1.807) is 32.9 Å². The third-order valence-corrected chi connectivity index (χ3v) is 12.0. The molecule has 0 amide bonds. The van der Waals surface area contributed by atoms with Gasteiger partial charge in [0.15, 0.2) is 5.78 Å². The standard InChI is InChI=1S/C36H50O8/c1-32(2,41)16-15-30(39)35(5,42)29-14-18-36(43)24-19-26(37)25-20-27(38)28(21-33(25,3)23(24)13-17-34(29,36)4)44-31(40)12-11-22-9-7-6-8-10-22/h6-12,19,23,25,27-30,38-39,41-43H,13-18,20-21H2,1-5H3/t23-,25-,27+,28-,29-,30+,33+,34+,35+,36+/m0/s1. The van der Waals surface area contributed by atoms with Gasteiger partial charge in [-0.05, 0) is 113 Å². The minimum absolute atomic E-state index is 0.135. The molecule has 4 aliphatic rings.